The summed E-state index contributed by atoms with van der Waals surface area (Å²) in [6, 6.07) is 5.19. The van der Waals surface area contributed by atoms with Gasteiger partial charge in [0.05, 0.1) is 51.5 Å². The zero-order valence-corrected chi connectivity index (χ0v) is 27.2. The van der Waals surface area contributed by atoms with Gasteiger partial charge in [-0.05, 0) is 55.0 Å². The molecule has 1 saturated carbocycles. The third kappa shape index (κ3) is 4.70. The largest absolute Gasteiger partial charge is 0.461 e. The van der Waals surface area contributed by atoms with Crippen molar-refractivity contribution in [2.75, 3.05) is 30.7 Å². The molecule has 0 amide bonds. The van der Waals surface area contributed by atoms with Gasteiger partial charge in [-0.3, -0.25) is 4.90 Å². The van der Waals surface area contributed by atoms with Crippen molar-refractivity contribution in [2.45, 2.75) is 69.5 Å². The number of nitriles is 1. The highest BCUT2D eigenvalue weighted by atomic mass is 35.5. The molecule has 2 saturated heterocycles. The van der Waals surface area contributed by atoms with Gasteiger partial charge in [-0.15, -0.1) is 21.5 Å². The number of ether oxygens (including phenoxy) is 2. The van der Waals surface area contributed by atoms with Crippen LogP contribution in [0, 0.1) is 17.1 Å². The van der Waals surface area contributed by atoms with Gasteiger partial charge in [-0.25, -0.2) is 8.78 Å². The predicted octanol–water partition coefficient (Wildman–Crippen LogP) is 6.62. The van der Waals surface area contributed by atoms with Gasteiger partial charge in [0.1, 0.15) is 35.5 Å². The summed E-state index contributed by atoms with van der Waals surface area (Å²) in [6.45, 7) is 2.12. The molecule has 5 aromatic rings. The SMILES string of the molecule is N#Cc1c(N)sc2c(F)ccc(-c3c4c(c5c(NCc6nnc(C7CC7)o6)nc(OCC67CCCN6CC(F)C7)nc5c3Cl)COC4)c12. The lowest BCUT2D eigenvalue weighted by Crippen LogP contribution is -2.43. The smallest absolute Gasteiger partial charge is 0.319 e. The maximum atomic E-state index is 15.0. The van der Waals surface area contributed by atoms with Crippen LogP contribution in [0.5, 0.6) is 6.01 Å². The first-order valence-corrected chi connectivity index (χ1v) is 17.1. The number of fused-ring (bicyclic) bond motifs is 5. The summed E-state index contributed by atoms with van der Waals surface area (Å²) in [5.41, 5.74) is 9.06. The first-order chi connectivity index (χ1) is 23.3. The van der Waals surface area contributed by atoms with Crippen molar-refractivity contribution in [1.82, 2.24) is 25.1 Å². The lowest BCUT2D eigenvalue weighted by atomic mass is 9.91. The van der Waals surface area contributed by atoms with E-state index in [4.69, 9.17) is 41.2 Å². The van der Waals surface area contributed by atoms with E-state index in [0.29, 0.717) is 63.9 Å². The average Bonchev–Trinajstić information content (AvgIpc) is 3.45. The van der Waals surface area contributed by atoms with E-state index >= 15 is 4.39 Å². The highest BCUT2D eigenvalue weighted by molar-refractivity contribution is 7.23. The van der Waals surface area contributed by atoms with Crippen LogP contribution >= 0.6 is 22.9 Å². The Morgan fingerprint density at radius 3 is 2.90 bits per heavy atom. The van der Waals surface area contributed by atoms with E-state index in [1.54, 1.807) is 6.07 Å². The Bertz CT molecular complexity index is 2180. The van der Waals surface area contributed by atoms with Crippen LogP contribution in [-0.4, -0.2) is 56.5 Å². The molecule has 1 aliphatic carbocycles. The number of hydrogen-bond donors (Lipinski definition) is 2. The molecule has 2 aromatic carbocycles. The summed E-state index contributed by atoms with van der Waals surface area (Å²) in [4.78, 5) is 11.8. The van der Waals surface area contributed by atoms with E-state index in [-0.39, 0.29) is 52.7 Å². The molecular formula is C33H29ClF2N8O3S. The number of nitrogens with two attached hydrogens (primary N) is 1. The van der Waals surface area contributed by atoms with Gasteiger partial charge in [0.15, 0.2) is 0 Å². The van der Waals surface area contributed by atoms with Crippen molar-refractivity contribution in [2.24, 2.45) is 0 Å². The molecule has 3 aromatic heterocycles. The molecule has 0 radical (unpaired) electrons. The number of rotatable bonds is 8. The fourth-order valence-electron chi connectivity index (χ4n) is 7.63. The number of benzene rings is 2. The maximum absolute atomic E-state index is 15.0. The molecule has 0 spiro atoms. The third-order valence-corrected chi connectivity index (χ3v) is 11.4. The first-order valence-electron chi connectivity index (χ1n) is 16.0. The van der Waals surface area contributed by atoms with Crippen molar-refractivity contribution in [3.8, 4) is 23.2 Å². The van der Waals surface area contributed by atoms with Crippen molar-refractivity contribution < 1.29 is 22.7 Å². The summed E-state index contributed by atoms with van der Waals surface area (Å²) in [6.07, 6.45) is 3.36. The van der Waals surface area contributed by atoms with E-state index in [1.807, 2.05) is 0 Å². The monoisotopic (exact) mass is 690 g/mol. The van der Waals surface area contributed by atoms with E-state index in [0.717, 1.165) is 54.7 Å². The molecule has 2 unspecified atom stereocenters. The van der Waals surface area contributed by atoms with Gasteiger partial charge >= 0.3 is 6.01 Å². The fourth-order valence-corrected chi connectivity index (χ4v) is 8.94. The normalized spacial score (nSPS) is 22.0. The van der Waals surface area contributed by atoms with Crippen LogP contribution in [0.3, 0.4) is 0 Å². The minimum Gasteiger partial charge on any atom is -0.461 e. The summed E-state index contributed by atoms with van der Waals surface area (Å²) < 4.78 is 48.0. The molecule has 3 N–H and O–H groups in total. The number of anilines is 2. The molecule has 11 nitrogen and oxygen atoms in total. The minimum absolute atomic E-state index is 0.0752. The summed E-state index contributed by atoms with van der Waals surface area (Å²) in [7, 11) is 0. The van der Waals surface area contributed by atoms with Gasteiger partial charge < -0.3 is 24.9 Å². The van der Waals surface area contributed by atoms with E-state index in [1.165, 1.54) is 6.07 Å². The van der Waals surface area contributed by atoms with Crippen LogP contribution in [0.15, 0.2) is 16.5 Å². The van der Waals surface area contributed by atoms with E-state index in [2.05, 4.69) is 26.5 Å². The number of nitrogen functional groups attached to an aromatic ring is 1. The zero-order chi connectivity index (χ0) is 32.7. The van der Waals surface area contributed by atoms with Gasteiger partial charge in [-0.1, -0.05) is 17.7 Å². The highest BCUT2D eigenvalue weighted by Crippen LogP contribution is 2.49. The van der Waals surface area contributed by atoms with E-state index < -0.39 is 17.5 Å². The minimum atomic E-state index is -0.907. The molecule has 2 atom stereocenters. The van der Waals surface area contributed by atoms with Gasteiger partial charge in [0, 0.05) is 29.8 Å². The van der Waals surface area contributed by atoms with Crippen LogP contribution < -0.4 is 15.8 Å². The molecule has 0 bridgehead atoms. The number of hydrogen-bond acceptors (Lipinski definition) is 12. The average molecular weight is 691 g/mol. The Labute approximate surface area is 282 Å². The van der Waals surface area contributed by atoms with Gasteiger partial charge in [0.25, 0.3) is 0 Å². The molecule has 48 heavy (non-hydrogen) atoms. The number of aromatic nitrogens is 4. The predicted molar refractivity (Wildman–Crippen MR) is 175 cm³/mol. The number of alkyl halides is 1. The first kappa shape index (κ1) is 29.9. The quantitative estimate of drug-likeness (QED) is 0.181. The fraction of sp³-hybridized carbons (Fsp3) is 0.424. The van der Waals surface area contributed by atoms with Crippen molar-refractivity contribution >= 4 is 54.7 Å². The molecule has 3 fully saturated rings. The molecule has 9 rings (SSSR count). The van der Waals surface area contributed by atoms with Gasteiger partial charge in [0.2, 0.25) is 11.8 Å². The lowest BCUT2D eigenvalue weighted by Gasteiger charge is -2.30. The Balaban J connectivity index is 1.20. The molecule has 6 heterocycles. The Morgan fingerprint density at radius 2 is 2.06 bits per heavy atom. The second-order valence-corrected chi connectivity index (χ2v) is 14.4. The van der Waals surface area contributed by atoms with E-state index in [9.17, 15) is 9.65 Å². The number of thiophene rings is 1. The van der Waals surface area contributed by atoms with Crippen molar-refractivity contribution in [3.05, 3.63) is 51.4 Å². The second-order valence-electron chi connectivity index (χ2n) is 13.0. The maximum Gasteiger partial charge on any atom is 0.319 e. The zero-order valence-electron chi connectivity index (χ0n) is 25.6. The second kappa shape index (κ2) is 11.2. The Hall–Kier alpha value is -4.16. The van der Waals surface area contributed by atoms with Crippen molar-refractivity contribution in [1.29, 1.82) is 5.26 Å². The Morgan fingerprint density at radius 1 is 1.21 bits per heavy atom. The topological polar surface area (TPSA) is 148 Å². The third-order valence-electron chi connectivity index (χ3n) is 10.0. The van der Waals surface area contributed by atoms with Gasteiger partial charge in [-0.2, -0.15) is 15.2 Å². The Kier molecular flexibility index (Phi) is 6.98. The van der Waals surface area contributed by atoms with Crippen LogP contribution in [0.4, 0.5) is 19.6 Å². The van der Waals surface area contributed by atoms with Crippen LogP contribution in [-0.2, 0) is 24.5 Å². The highest BCUT2D eigenvalue weighted by Gasteiger charge is 2.49. The van der Waals surface area contributed by atoms with Crippen LogP contribution in [0.2, 0.25) is 5.02 Å². The van der Waals surface area contributed by atoms with Crippen LogP contribution in [0.1, 0.15) is 66.5 Å². The summed E-state index contributed by atoms with van der Waals surface area (Å²) >= 11 is 8.33. The standard InChI is InChI=1S/C33H29ClF2N8O3S/c34-26-23(17-4-5-21(36)28-24(17)18(9-37)29(38)48-28)19-12-45-13-20(19)25-27(26)40-32(46-14-33-6-1-7-44(33)11-16(35)8-33)41-30(25)39-10-22-42-43-31(47-22)15-2-3-15/h4-5,15-16H,1-3,6-8,10-14,38H2,(H,39,40,41). The molecule has 15 heteroatoms. The molecular weight excluding hydrogens is 662 g/mol. The number of nitrogens with zero attached hydrogens (tertiary/aromatic N) is 6. The summed E-state index contributed by atoms with van der Waals surface area (Å²) in [5.74, 6) is 1.32. The number of nitrogens with one attached hydrogen (secondary N) is 1. The summed E-state index contributed by atoms with van der Waals surface area (Å²) in [5, 5.41) is 23.3. The molecule has 4 aliphatic rings. The van der Waals surface area contributed by atoms with Crippen molar-refractivity contribution in [3.63, 3.8) is 0 Å². The number of halogens is 3. The lowest BCUT2D eigenvalue weighted by molar-refractivity contribution is 0.107. The molecule has 3 aliphatic heterocycles. The molecule has 246 valence electrons. The van der Waals surface area contributed by atoms with Crippen LogP contribution in [0.25, 0.3) is 32.1 Å².